The summed E-state index contributed by atoms with van der Waals surface area (Å²) in [5.41, 5.74) is -0.747. The first-order valence-electron chi connectivity index (χ1n) is 3.37. The zero-order valence-corrected chi connectivity index (χ0v) is 6.89. The Kier molecular flexibility index (Phi) is 2.51. The number of rotatable bonds is 3. The van der Waals surface area contributed by atoms with Crippen molar-refractivity contribution in [2.45, 2.75) is 0 Å². The fourth-order valence-corrected chi connectivity index (χ4v) is 0.781. The predicted molar refractivity (Wildman–Crippen MR) is 44.2 cm³/mol. The molecule has 0 aliphatic carbocycles. The maximum absolute atomic E-state index is 10.3. The molecule has 78 valence electrons. The first-order chi connectivity index (χ1) is 6.91. The SMILES string of the molecule is O=[N+]([O-])c1cc([N+](=O)[O-])nc([N+](=O)[O-])c1. The maximum Gasteiger partial charge on any atom is 0.375 e. The first-order valence-corrected chi connectivity index (χ1v) is 3.37. The maximum atomic E-state index is 10.3. The van der Waals surface area contributed by atoms with E-state index in [1.165, 1.54) is 0 Å². The van der Waals surface area contributed by atoms with Crippen molar-refractivity contribution in [3.8, 4) is 0 Å². The molecule has 0 amide bonds. The van der Waals surface area contributed by atoms with Gasteiger partial charge in [-0.25, -0.2) is 0 Å². The fourth-order valence-electron chi connectivity index (χ4n) is 0.781. The molecule has 0 aromatic carbocycles. The average Bonchev–Trinajstić information content (AvgIpc) is 2.16. The second kappa shape index (κ2) is 3.61. The van der Waals surface area contributed by atoms with Crippen LogP contribution < -0.4 is 0 Å². The molecular formula is C5H2N4O6. The van der Waals surface area contributed by atoms with Crippen LogP contribution in [0.15, 0.2) is 12.1 Å². The van der Waals surface area contributed by atoms with Gasteiger partial charge >= 0.3 is 11.6 Å². The van der Waals surface area contributed by atoms with Crippen LogP contribution >= 0.6 is 0 Å². The largest absolute Gasteiger partial charge is 0.375 e. The second-order valence-corrected chi connectivity index (χ2v) is 2.31. The van der Waals surface area contributed by atoms with Gasteiger partial charge in [0.05, 0.1) is 4.92 Å². The van der Waals surface area contributed by atoms with Crippen LogP contribution in [0, 0.1) is 30.3 Å². The van der Waals surface area contributed by atoms with Gasteiger partial charge in [-0.2, -0.15) is 0 Å². The van der Waals surface area contributed by atoms with Crippen LogP contribution in [0.25, 0.3) is 0 Å². The highest BCUT2D eigenvalue weighted by Crippen LogP contribution is 2.22. The average molecular weight is 214 g/mol. The van der Waals surface area contributed by atoms with Crippen LogP contribution in [0.1, 0.15) is 0 Å². The summed E-state index contributed by atoms with van der Waals surface area (Å²) in [4.78, 5) is 30.7. The van der Waals surface area contributed by atoms with Crippen LogP contribution in [-0.4, -0.2) is 19.8 Å². The van der Waals surface area contributed by atoms with E-state index in [0.29, 0.717) is 12.1 Å². The van der Waals surface area contributed by atoms with E-state index in [2.05, 4.69) is 4.98 Å². The molecule has 0 aliphatic heterocycles. The van der Waals surface area contributed by atoms with E-state index >= 15 is 0 Å². The van der Waals surface area contributed by atoms with Crippen LogP contribution in [0.5, 0.6) is 0 Å². The highest BCUT2D eigenvalue weighted by molar-refractivity contribution is 5.44. The molecule has 0 N–H and O–H groups in total. The van der Waals surface area contributed by atoms with Crippen molar-refractivity contribution in [3.05, 3.63) is 42.5 Å². The summed E-state index contributed by atoms with van der Waals surface area (Å²) < 4.78 is 0. The topological polar surface area (TPSA) is 142 Å². The Morgan fingerprint density at radius 1 is 0.867 bits per heavy atom. The zero-order chi connectivity index (χ0) is 11.6. The molecular weight excluding hydrogens is 212 g/mol. The van der Waals surface area contributed by atoms with E-state index in [1.54, 1.807) is 0 Å². The molecule has 0 radical (unpaired) electrons. The smallest absolute Gasteiger partial charge is 0.358 e. The van der Waals surface area contributed by atoms with E-state index in [-0.39, 0.29) is 0 Å². The third-order valence-corrected chi connectivity index (χ3v) is 1.37. The predicted octanol–water partition coefficient (Wildman–Crippen LogP) is 0.806. The lowest BCUT2D eigenvalue weighted by Crippen LogP contribution is -1.99. The molecule has 1 rings (SSSR count). The minimum absolute atomic E-state index is 0.549. The van der Waals surface area contributed by atoms with E-state index < -0.39 is 32.1 Å². The molecule has 10 heteroatoms. The van der Waals surface area contributed by atoms with Crippen molar-refractivity contribution in [2.24, 2.45) is 0 Å². The zero-order valence-electron chi connectivity index (χ0n) is 6.89. The highest BCUT2D eigenvalue weighted by atomic mass is 16.6. The molecule has 0 saturated heterocycles. The Morgan fingerprint density at radius 3 is 1.53 bits per heavy atom. The molecule has 1 aromatic rings. The molecule has 0 fully saturated rings. The number of nitro groups is 3. The fraction of sp³-hybridized carbons (Fsp3) is 0. The van der Waals surface area contributed by atoms with Gasteiger partial charge in [-0.15, -0.1) is 0 Å². The summed E-state index contributed by atoms with van der Waals surface area (Å²) in [6.45, 7) is 0. The molecule has 0 aliphatic rings. The molecule has 0 atom stereocenters. The minimum atomic E-state index is -1.04. The van der Waals surface area contributed by atoms with Crippen LogP contribution in [0.3, 0.4) is 0 Å². The van der Waals surface area contributed by atoms with Crippen molar-refractivity contribution in [1.82, 2.24) is 4.98 Å². The first kappa shape index (κ1) is 10.4. The number of hydrogen-bond donors (Lipinski definition) is 0. The molecule has 1 heterocycles. The lowest BCUT2D eigenvalue weighted by atomic mass is 10.4. The summed E-state index contributed by atoms with van der Waals surface area (Å²) in [6.07, 6.45) is 0. The Hall–Kier alpha value is -2.65. The van der Waals surface area contributed by atoms with Crippen molar-refractivity contribution in [1.29, 1.82) is 0 Å². The van der Waals surface area contributed by atoms with Gasteiger partial charge in [-0.1, -0.05) is 0 Å². The van der Waals surface area contributed by atoms with Crippen molar-refractivity contribution < 1.29 is 14.8 Å². The summed E-state index contributed by atoms with van der Waals surface area (Å²) in [5, 5.41) is 30.8. The third-order valence-electron chi connectivity index (χ3n) is 1.37. The van der Waals surface area contributed by atoms with Gasteiger partial charge in [0.2, 0.25) is 0 Å². The van der Waals surface area contributed by atoms with Gasteiger partial charge in [0.15, 0.2) is 0 Å². The number of aromatic nitrogens is 1. The van der Waals surface area contributed by atoms with Gasteiger partial charge in [0.1, 0.15) is 12.1 Å². The van der Waals surface area contributed by atoms with Gasteiger partial charge in [0, 0.05) is 4.98 Å². The number of hydrogen-bond acceptors (Lipinski definition) is 7. The number of nitrogens with zero attached hydrogens (tertiary/aromatic N) is 4. The Bertz CT molecular complexity index is 378. The van der Waals surface area contributed by atoms with E-state index in [0.717, 1.165) is 0 Å². The molecule has 10 nitrogen and oxygen atoms in total. The normalized spacial score (nSPS) is 9.60. The van der Waals surface area contributed by atoms with E-state index in [9.17, 15) is 30.3 Å². The summed E-state index contributed by atoms with van der Waals surface area (Å²) in [5.74, 6) is -1.87. The Balaban J connectivity index is 3.39. The molecule has 0 spiro atoms. The van der Waals surface area contributed by atoms with Gasteiger partial charge < -0.3 is 20.2 Å². The molecule has 0 unspecified atom stereocenters. The molecule has 0 saturated carbocycles. The Morgan fingerprint density at radius 2 is 1.27 bits per heavy atom. The third kappa shape index (κ3) is 2.18. The van der Waals surface area contributed by atoms with Gasteiger partial charge in [-0.05, 0) is 9.85 Å². The Labute approximate surface area is 80.6 Å². The summed E-state index contributed by atoms with van der Waals surface area (Å²) in [6, 6.07) is 1.10. The summed E-state index contributed by atoms with van der Waals surface area (Å²) in [7, 11) is 0. The van der Waals surface area contributed by atoms with Crippen molar-refractivity contribution in [3.63, 3.8) is 0 Å². The van der Waals surface area contributed by atoms with Crippen LogP contribution in [0.2, 0.25) is 0 Å². The van der Waals surface area contributed by atoms with E-state index in [1.807, 2.05) is 0 Å². The van der Waals surface area contributed by atoms with Crippen LogP contribution in [0.4, 0.5) is 17.3 Å². The lowest BCUT2D eigenvalue weighted by molar-refractivity contribution is -0.410. The van der Waals surface area contributed by atoms with Gasteiger partial charge in [0.25, 0.3) is 5.69 Å². The quantitative estimate of drug-likeness (QED) is 0.534. The van der Waals surface area contributed by atoms with Gasteiger partial charge in [-0.3, -0.25) is 10.1 Å². The lowest BCUT2D eigenvalue weighted by Gasteiger charge is -1.95. The van der Waals surface area contributed by atoms with Crippen molar-refractivity contribution >= 4 is 17.3 Å². The second-order valence-electron chi connectivity index (χ2n) is 2.31. The molecule has 15 heavy (non-hydrogen) atoms. The highest BCUT2D eigenvalue weighted by Gasteiger charge is 2.22. The summed E-state index contributed by atoms with van der Waals surface area (Å²) >= 11 is 0. The van der Waals surface area contributed by atoms with Crippen LogP contribution in [-0.2, 0) is 0 Å². The molecule has 1 aromatic heterocycles. The minimum Gasteiger partial charge on any atom is -0.358 e. The van der Waals surface area contributed by atoms with E-state index in [4.69, 9.17) is 0 Å². The standard InChI is InChI=1S/C5H2N4O6/c10-7(11)3-1-4(8(12)13)6-5(2-3)9(14)15/h1-2H. The monoisotopic (exact) mass is 214 g/mol. The van der Waals surface area contributed by atoms with Crippen molar-refractivity contribution in [2.75, 3.05) is 0 Å². The number of pyridine rings is 1. The molecule has 0 bridgehead atoms.